The van der Waals surface area contributed by atoms with Crippen LogP contribution in [0.2, 0.25) is 0 Å². The third-order valence-corrected chi connectivity index (χ3v) is 5.60. The molecule has 0 fully saturated rings. The van der Waals surface area contributed by atoms with Crippen LogP contribution in [0.25, 0.3) is 0 Å². The summed E-state index contributed by atoms with van der Waals surface area (Å²) in [4.78, 5) is 0. The SMILES string of the molecule is C=CC1C=CC=CC1C(C)(CCC)C1C=CCCC1.CCCC. The lowest BCUT2D eigenvalue weighted by atomic mass is 9.59. The van der Waals surface area contributed by atoms with Crippen LogP contribution in [0.15, 0.2) is 49.1 Å². The van der Waals surface area contributed by atoms with E-state index in [1.807, 2.05) is 0 Å². The Morgan fingerprint density at radius 1 is 1.04 bits per heavy atom. The van der Waals surface area contributed by atoms with Crippen molar-refractivity contribution in [2.24, 2.45) is 23.2 Å². The largest absolute Gasteiger partial charge is 0.102 e. The molecule has 2 aliphatic carbocycles. The predicted molar refractivity (Wildman–Crippen MR) is 106 cm³/mol. The number of allylic oxidation sites excluding steroid dienone is 7. The Bertz CT molecular complexity index is 410. The molecule has 2 rings (SSSR count). The Labute approximate surface area is 145 Å². The molecule has 4 unspecified atom stereocenters. The Balaban J connectivity index is 0.000000593. The van der Waals surface area contributed by atoms with Gasteiger partial charge in [0.25, 0.3) is 0 Å². The summed E-state index contributed by atoms with van der Waals surface area (Å²) < 4.78 is 0. The first-order chi connectivity index (χ1) is 11.1. The van der Waals surface area contributed by atoms with Gasteiger partial charge in [0.2, 0.25) is 0 Å². The summed E-state index contributed by atoms with van der Waals surface area (Å²) in [6.07, 6.45) is 25.3. The predicted octanol–water partition coefficient (Wildman–Crippen LogP) is 7.50. The molecule has 0 saturated heterocycles. The highest BCUT2D eigenvalue weighted by Gasteiger charge is 2.41. The van der Waals surface area contributed by atoms with E-state index < -0.39 is 0 Å². The lowest BCUT2D eigenvalue weighted by Crippen LogP contribution is -2.38. The van der Waals surface area contributed by atoms with Crippen LogP contribution in [0.4, 0.5) is 0 Å². The number of unbranched alkanes of at least 4 members (excludes halogenated alkanes) is 1. The van der Waals surface area contributed by atoms with E-state index in [-0.39, 0.29) is 0 Å². The minimum absolute atomic E-state index is 0.367. The number of hydrogen-bond donors (Lipinski definition) is 0. The van der Waals surface area contributed by atoms with Gasteiger partial charge in [0.15, 0.2) is 0 Å². The fourth-order valence-corrected chi connectivity index (χ4v) is 4.01. The quantitative estimate of drug-likeness (QED) is 0.445. The Kier molecular flexibility index (Phi) is 9.29. The van der Waals surface area contributed by atoms with Gasteiger partial charge in [-0.3, -0.25) is 0 Å². The van der Waals surface area contributed by atoms with Crippen LogP contribution in [0.3, 0.4) is 0 Å². The van der Waals surface area contributed by atoms with E-state index in [2.05, 4.69) is 76.8 Å². The smallest absolute Gasteiger partial charge is 0.00154 e. The van der Waals surface area contributed by atoms with Crippen LogP contribution in [-0.4, -0.2) is 0 Å². The minimum Gasteiger partial charge on any atom is -0.102 e. The molecule has 0 saturated carbocycles. The van der Waals surface area contributed by atoms with Crippen molar-refractivity contribution in [2.75, 3.05) is 0 Å². The van der Waals surface area contributed by atoms with Crippen molar-refractivity contribution < 1.29 is 0 Å². The monoisotopic (exact) mass is 314 g/mol. The van der Waals surface area contributed by atoms with Gasteiger partial charge in [0, 0.05) is 5.92 Å². The molecule has 0 aromatic carbocycles. The molecule has 0 spiro atoms. The average Bonchev–Trinajstić information content (AvgIpc) is 2.62. The first-order valence-corrected chi connectivity index (χ1v) is 9.78. The average molecular weight is 315 g/mol. The van der Waals surface area contributed by atoms with Crippen molar-refractivity contribution >= 4 is 0 Å². The second kappa shape index (κ2) is 10.7. The van der Waals surface area contributed by atoms with E-state index in [0.717, 1.165) is 5.92 Å². The molecular formula is C23H38. The maximum atomic E-state index is 4.05. The van der Waals surface area contributed by atoms with Crippen molar-refractivity contribution in [3.05, 3.63) is 49.1 Å². The van der Waals surface area contributed by atoms with Crippen LogP contribution in [0.1, 0.15) is 72.6 Å². The molecule has 130 valence electrons. The zero-order valence-corrected chi connectivity index (χ0v) is 15.9. The van der Waals surface area contributed by atoms with E-state index in [1.165, 1.54) is 44.9 Å². The van der Waals surface area contributed by atoms with Gasteiger partial charge in [-0.05, 0) is 42.9 Å². The van der Waals surface area contributed by atoms with Gasteiger partial charge >= 0.3 is 0 Å². The Morgan fingerprint density at radius 2 is 1.74 bits per heavy atom. The van der Waals surface area contributed by atoms with Crippen LogP contribution >= 0.6 is 0 Å². The van der Waals surface area contributed by atoms with Crippen LogP contribution in [0.5, 0.6) is 0 Å². The third kappa shape index (κ3) is 5.52. The van der Waals surface area contributed by atoms with Gasteiger partial charge in [-0.25, -0.2) is 0 Å². The maximum absolute atomic E-state index is 4.05. The fraction of sp³-hybridized carbons (Fsp3) is 0.652. The van der Waals surface area contributed by atoms with Crippen molar-refractivity contribution in [3.8, 4) is 0 Å². The number of rotatable bonds is 6. The van der Waals surface area contributed by atoms with E-state index in [1.54, 1.807) is 0 Å². The minimum atomic E-state index is 0.367. The lowest BCUT2D eigenvalue weighted by Gasteiger charge is -2.45. The van der Waals surface area contributed by atoms with Crippen LogP contribution < -0.4 is 0 Å². The van der Waals surface area contributed by atoms with Gasteiger partial charge in [0.1, 0.15) is 0 Å². The summed E-state index contributed by atoms with van der Waals surface area (Å²) in [7, 11) is 0. The molecule has 0 heteroatoms. The van der Waals surface area contributed by atoms with Gasteiger partial charge < -0.3 is 0 Å². The third-order valence-electron chi connectivity index (χ3n) is 5.60. The van der Waals surface area contributed by atoms with Gasteiger partial charge in [-0.2, -0.15) is 0 Å². The molecule has 23 heavy (non-hydrogen) atoms. The maximum Gasteiger partial charge on any atom is 0.00154 e. The summed E-state index contributed by atoms with van der Waals surface area (Å²) in [6.45, 7) is 13.2. The summed E-state index contributed by atoms with van der Waals surface area (Å²) in [5.74, 6) is 1.82. The first kappa shape index (κ1) is 20.0. The van der Waals surface area contributed by atoms with Crippen molar-refractivity contribution in [2.45, 2.75) is 72.6 Å². The number of hydrogen-bond acceptors (Lipinski definition) is 0. The summed E-state index contributed by atoms with van der Waals surface area (Å²) in [5.41, 5.74) is 0.367. The summed E-state index contributed by atoms with van der Waals surface area (Å²) >= 11 is 0. The van der Waals surface area contributed by atoms with E-state index >= 15 is 0 Å². The Morgan fingerprint density at radius 3 is 2.26 bits per heavy atom. The van der Waals surface area contributed by atoms with Crippen LogP contribution in [-0.2, 0) is 0 Å². The molecule has 0 bridgehead atoms. The second-order valence-electron chi connectivity index (χ2n) is 7.33. The molecule has 0 aromatic heterocycles. The lowest BCUT2D eigenvalue weighted by molar-refractivity contribution is 0.108. The molecule has 0 radical (unpaired) electrons. The molecule has 2 aliphatic rings. The molecule has 4 atom stereocenters. The van der Waals surface area contributed by atoms with E-state index in [4.69, 9.17) is 0 Å². The van der Waals surface area contributed by atoms with Crippen molar-refractivity contribution in [1.29, 1.82) is 0 Å². The summed E-state index contributed by atoms with van der Waals surface area (Å²) in [5, 5.41) is 0. The molecular weight excluding hydrogens is 276 g/mol. The van der Waals surface area contributed by atoms with Crippen molar-refractivity contribution in [3.63, 3.8) is 0 Å². The highest BCUT2D eigenvalue weighted by molar-refractivity contribution is 5.22. The molecule has 0 aliphatic heterocycles. The molecule has 0 nitrogen and oxygen atoms in total. The van der Waals surface area contributed by atoms with E-state index in [0.29, 0.717) is 17.3 Å². The van der Waals surface area contributed by atoms with Gasteiger partial charge in [-0.15, -0.1) is 6.58 Å². The highest BCUT2D eigenvalue weighted by Crippen LogP contribution is 2.49. The first-order valence-electron chi connectivity index (χ1n) is 9.78. The molecule has 0 N–H and O–H groups in total. The fourth-order valence-electron chi connectivity index (χ4n) is 4.01. The Hall–Kier alpha value is -1.04. The van der Waals surface area contributed by atoms with E-state index in [9.17, 15) is 0 Å². The van der Waals surface area contributed by atoms with Gasteiger partial charge in [-0.1, -0.05) is 89.5 Å². The second-order valence-corrected chi connectivity index (χ2v) is 7.33. The topological polar surface area (TPSA) is 0 Å². The highest BCUT2D eigenvalue weighted by atomic mass is 14.4. The zero-order chi connectivity index (χ0) is 17.1. The normalized spacial score (nSPS) is 28.6. The van der Waals surface area contributed by atoms with Crippen LogP contribution in [0, 0.1) is 23.2 Å². The molecule has 0 amide bonds. The zero-order valence-electron chi connectivity index (χ0n) is 15.9. The summed E-state index contributed by atoms with van der Waals surface area (Å²) in [6, 6.07) is 0. The van der Waals surface area contributed by atoms with Crippen molar-refractivity contribution in [1.82, 2.24) is 0 Å². The molecule has 0 heterocycles. The van der Waals surface area contributed by atoms with Gasteiger partial charge in [0.05, 0.1) is 0 Å². The molecule has 0 aromatic rings. The standard InChI is InChI=1S/C19H28.C4H10/c1-4-15-19(3,17-12-7-6-8-13-17)18-14-10-9-11-16(18)5-2;1-3-4-2/h5,7,9-12,14,16-18H,2,4,6,8,13,15H2,1,3H3;3-4H2,1-2H3.